The smallest absolute Gasteiger partial charge is 0.312 e. The molecule has 212 valence electrons. The lowest BCUT2D eigenvalue weighted by Gasteiger charge is -2.34. The van der Waals surface area contributed by atoms with Crippen molar-refractivity contribution in [3.05, 3.63) is 0 Å². The second-order valence-electron chi connectivity index (χ2n) is 13.4. The summed E-state index contributed by atoms with van der Waals surface area (Å²) in [6.45, 7) is 5.68. The number of nitrogens with two attached hydrogens (primary N) is 1. The Morgan fingerprint density at radius 1 is 0.868 bits per heavy atom. The van der Waals surface area contributed by atoms with E-state index in [9.17, 15) is 24.0 Å². The van der Waals surface area contributed by atoms with Crippen LogP contribution in [-0.4, -0.2) is 47.5 Å². The number of nitrogens with one attached hydrogen (secondary N) is 3. The summed E-state index contributed by atoms with van der Waals surface area (Å²) >= 11 is 0. The van der Waals surface area contributed by atoms with Crippen molar-refractivity contribution in [2.45, 2.75) is 116 Å². The number of carbonyl (C=O) groups is 5. The van der Waals surface area contributed by atoms with Crippen LogP contribution in [0.3, 0.4) is 0 Å². The summed E-state index contributed by atoms with van der Waals surface area (Å²) in [5, 5.41) is 8.43. The summed E-state index contributed by atoms with van der Waals surface area (Å²) < 4.78 is 0. The van der Waals surface area contributed by atoms with E-state index in [1.807, 2.05) is 20.8 Å². The molecule has 4 fully saturated rings. The van der Waals surface area contributed by atoms with Gasteiger partial charge in [0.25, 0.3) is 5.91 Å². The molecule has 0 bridgehead atoms. The van der Waals surface area contributed by atoms with Crippen LogP contribution in [-0.2, 0) is 19.2 Å². The molecule has 4 saturated carbocycles. The predicted octanol–water partition coefficient (Wildman–Crippen LogP) is 2.99. The molecular weight excluding hydrogens is 484 g/mol. The van der Waals surface area contributed by atoms with Crippen molar-refractivity contribution in [1.29, 1.82) is 0 Å². The Kier molecular flexibility index (Phi) is 8.82. The number of primary amides is 1. The zero-order valence-corrected chi connectivity index (χ0v) is 23.2. The van der Waals surface area contributed by atoms with Gasteiger partial charge in [-0.15, -0.1) is 0 Å². The summed E-state index contributed by atoms with van der Waals surface area (Å²) in [7, 11) is 0. The van der Waals surface area contributed by atoms with E-state index in [0.717, 1.165) is 57.8 Å². The van der Waals surface area contributed by atoms with E-state index in [1.54, 1.807) is 0 Å². The minimum Gasteiger partial charge on any atom is -0.352 e. The Balaban J connectivity index is 1.51. The van der Waals surface area contributed by atoms with Crippen LogP contribution >= 0.6 is 0 Å². The fourth-order valence-corrected chi connectivity index (χ4v) is 6.83. The highest BCUT2D eigenvalue weighted by Crippen LogP contribution is 2.46. The first-order valence-corrected chi connectivity index (χ1v) is 14.7. The van der Waals surface area contributed by atoms with Crippen LogP contribution < -0.4 is 21.7 Å². The van der Waals surface area contributed by atoms with E-state index in [0.29, 0.717) is 31.1 Å². The summed E-state index contributed by atoms with van der Waals surface area (Å²) in [4.78, 5) is 65.1. The van der Waals surface area contributed by atoms with Crippen LogP contribution in [0.2, 0.25) is 0 Å². The number of urea groups is 1. The quantitative estimate of drug-likeness (QED) is 0.321. The maximum atomic E-state index is 13.9. The second-order valence-corrected chi connectivity index (χ2v) is 13.4. The molecule has 0 aliphatic heterocycles. The van der Waals surface area contributed by atoms with Crippen LogP contribution in [0.4, 0.5) is 4.79 Å². The molecule has 0 aromatic rings. The van der Waals surface area contributed by atoms with Crippen molar-refractivity contribution in [2.24, 2.45) is 40.7 Å². The number of amides is 4. The molecule has 0 heterocycles. The molecule has 0 spiro atoms. The topological polar surface area (TPSA) is 147 Å². The van der Waals surface area contributed by atoms with E-state index in [2.05, 4.69) is 16.0 Å². The molecule has 4 amide bonds. The average Bonchev–Trinajstić information content (AvgIpc) is 3.55. The molecule has 0 aromatic heterocycles. The van der Waals surface area contributed by atoms with Gasteiger partial charge in [-0.1, -0.05) is 52.9 Å². The fraction of sp³-hybridized carbons (Fsp3) is 0.828. The van der Waals surface area contributed by atoms with E-state index in [1.165, 1.54) is 0 Å². The molecule has 9 nitrogen and oxygen atoms in total. The zero-order valence-electron chi connectivity index (χ0n) is 23.2. The molecule has 38 heavy (non-hydrogen) atoms. The normalized spacial score (nSPS) is 29.1. The van der Waals surface area contributed by atoms with Crippen LogP contribution in [0.5, 0.6) is 0 Å². The number of ketones is 2. The standard InChI is InChI=1S/C29H46N4O5/c1-29(2,3)25(33-28(30)38)23(34)18-11-10-17-8-5-9-20(17)21(15-18)26(36)32-22(14-16-6-4-7-16)24(35)27(37)31-19-12-13-19/h16-22,25H,4-15H2,1-3H3,(H,31,37)(H,32,36)(H3,30,33,38)/t17-,18?,20-,21-,22?,25+/m0/s1. The summed E-state index contributed by atoms with van der Waals surface area (Å²) in [6.07, 6.45) is 10.3. The number of hydrogen-bond acceptors (Lipinski definition) is 5. The third kappa shape index (κ3) is 6.94. The van der Waals surface area contributed by atoms with Gasteiger partial charge in [0, 0.05) is 17.9 Å². The molecule has 4 rings (SSSR count). The van der Waals surface area contributed by atoms with Gasteiger partial charge in [0.15, 0.2) is 5.78 Å². The Bertz CT molecular complexity index is 936. The van der Waals surface area contributed by atoms with Crippen LogP contribution in [0.25, 0.3) is 0 Å². The third-order valence-corrected chi connectivity index (χ3v) is 9.40. The largest absolute Gasteiger partial charge is 0.352 e. The van der Waals surface area contributed by atoms with Gasteiger partial charge in [0.2, 0.25) is 11.7 Å². The molecule has 5 N–H and O–H groups in total. The van der Waals surface area contributed by atoms with Crippen molar-refractivity contribution in [1.82, 2.24) is 16.0 Å². The van der Waals surface area contributed by atoms with Crippen LogP contribution in [0.1, 0.15) is 97.8 Å². The van der Waals surface area contributed by atoms with E-state index in [4.69, 9.17) is 5.73 Å². The minimum absolute atomic E-state index is 0.0733. The number of rotatable bonds is 10. The first-order chi connectivity index (χ1) is 17.9. The first-order valence-electron chi connectivity index (χ1n) is 14.7. The lowest BCUT2D eigenvalue weighted by atomic mass is 9.76. The highest BCUT2D eigenvalue weighted by Gasteiger charge is 2.46. The zero-order chi connectivity index (χ0) is 27.6. The highest BCUT2D eigenvalue weighted by molar-refractivity contribution is 6.38. The predicted molar refractivity (Wildman–Crippen MR) is 143 cm³/mol. The van der Waals surface area contributed by atoms with Gasteiger partial charge in [0.1, 0.15) is 0 Å². The van der Waals surface area contributed by atoms with Gasteiger partial charge < -0.3 is 21.7 Å². The van der Waals surface area contributed by atoms with Crippen molar-refractivity contribution in [3.63, 3.8) is 0 Å². The Labute approximate surface area is 226 Å². The van der Waals surface area contributed by atoms with Crippen molar-refractivity contribution >= 4 is 29.4 Å². The second kappa shape index (κ2) is 11.7. The van der Waals surface area contributed by atoms with Gasteiger partial charge in [-0.05, 0) is 68.1 Å². The summed E-state index contributed by atoms with van der Waals surface area (Å²) in [6, 6.07) is -2.24. The molecular formula is C29H46N4O5. The molecule has 4 aliphatic rings. The highest BCUT2D eigenvalue weighted by atomic mass is 16.2. The number of carbonyl (C=O) groups excluding carboxylic acids is 5. The van der Waals surface area contributed by atoms with Crippen LogP contribution in [0.15, 0.2) is 0 Å². The molecule has 2 unspecified atom stereocenters. The Morgan fingerprint density at radius 3 is 2.13 bits per heavy atom. The van der Waals surface area contributed by atoms with E-state index >= 15 is 0 Å². The maximum absolute atomic E-state index is 13.9. The Hall–Kier alpha value is -2.45. The monoisotopic (exact) mass is 530 g/mol. The van der Waals surface area contributed by atoms with E-state index in [-0.39, 0.29) is 29.6 Å². The molecule has 0 aromatic carbocycles. The molecule has 6 atom stereocenters. The molecule has 9 heteroatoms. The van der Waals surface area contributed by atoms with Gasteiger partial charge in [-0.3, -0.25) is 19.2 Å². The number of fused-ring (bicyclic) bond motifs is 1. The average molecular weight is 531 g/mol. The van der Waals surface area contributed by atoms with Gasteiger partial charge >= 0.3 is 6.03 Å². The number of Topliss-reactive ketones (excluding diaryl/α,β-unsaturated/α-hetero) is 2. The van der Waals surface area contributed by atoms with Gasteiger partial charge in [-0.2, -0.15) is 0 Å². The number of hydrogen-bond donors (Lipinski definition) is 4. The van der Waals surface area contributed by atoms with Crippen LogP contribution in [0, 0.1) is 35.0 Å². The summed E-state index contributed by atoms with van der Waals surface area (Å²) in [5.74, 6) is -1.39. The third-order valence-electron chi connectivity index (χ3n) is 9.40. The van der Waals surface area contributed by atoms with Crippen molar-refractivity contribution in [2.75, 3.05) is 0 Å². The molecule has 0 saturated heterocycles. The molecule has 0 radical (unpaired) electrons. The van der Waals surface area contributed by atoms with Crippen molar-refractivity contribution in [3.8, 4) is 0 Å². The van der Waals surface area contributed by atoms with Gasteiger partial charge in [0.05, 0.1) is 12.1 Å². The van der Waals surface area contributed by atoms with E-state index < -0.39 is 41.1 Å². The van der Waals surface area contributed by atoms with Gasteiger partial charge in [-0.25, -0.2) is 4.79 Å². The lowest BCUT2D eigenvalue weighted by molar-refractivity contribution is -0.141. The SMILES string of the molecule is CC(C)(C)[C@H](NC(N)=O)C(=O)C1CC[C@@H]2CCC[C@@H]2[C@@H](C(=O)NC(CC2CCC2)C(=O)C(=O)NC2CC2)C1. The lowest BCUT2D eigenvalue weighted by Crippen LogP contribution is -2.53. The fourth-order valence-electron chi connectivity index (χ4n) is 6.83. The first kappa shape index (κ1) is 28.6. The minimum atomic E-state index is -0.831. The maximum Gasteiger partial charge on any atom is 0.312 e. The van der Waals surface area contributed by atoms with Crippen molar-refractivity contribution < 1.29 is 24.0 Å². The Morgan fingerprint density at radius 2 is 1.55 bits per heavy atom. The molecule has 4 aliphatic carbocycles. The summed E-state index contributed by atoms with van der Waals surface area (Å²) in [5.41, 5.74) is 4.88.